The lowest BCUT2D eigenvalue weighted by atomic mass is 10.3. The van der Waals surface area contributed by atoms with Gasteiger partial charge < -0.3 is 0 Å². The van der Waals surface area contributed by atoms with Crippen LogP contribution in [0.5, 0.6) is 0 Å². The lowest BCUT2D eigenvalue weighted by Crippen LogP contribution is -2.34. The molecule has 1 N–H and O–H groups in total. The molecule has 5 heteroatoms. The van der Waals surface area contributed by atoms with E-state index in [1.54, 1.807) is 0 Å². The van der Waals surface area contributed by atoms with Gasteiger partial charge in [0, 0.05) is 11.9 Å². The molecule has 0 amide bonds. The molecule has 0 spiro atoms. The molecule has 0 saturated heterocycles. The fourth-order valence-electron chi connectivity index (χ4n) is 0.527. The van der Waals surface area contributed by atoms with E-state index in [0.717, 1.165) is 12.7 Å². The van der Waals surface area contributed by atoms with Gasteiger partial charge in [-0.25, -0.2) is 13.1 Å². The lowest BCUT2D eigenvalue weighted by Gasteiger charge is -2.10. The molecule has 0 aromatic carbocycles. The maximum absolute atomic E-state index is 10.6. The first-order valence-corrected chi connectivity index (χ1v) is 5.45. The van der Waals surface area contributed by atoms with Crippen molar-refractivity contribution in [1.29, 1.82) is 0 Å². The molecule has 0 bridgehead atoms. The van der Waals surface area contributed by atoms with E-state index in [-0.39, 0.29) is 6.04 Å². The molecule has 0 aliphatic rings. The first kappa shape index (κ1) is 10.2. The van der Waals surface area contributed by atoms with Crippen LogP contribution in [0.3, 0.4) is 0 Å². The van der Waals surface area contributed by atoms with Gasteiger partial charge in [0.2, 0.25) is 10.0 Å². The van der Waals surface area contributed by atoms with Crippen molar-refractivity contribution < 1.29 is 8.42 Å². The van der Waals surface area contributed by atoms with Crippen LogP contribution in [0.15, 0.2) is 0 Å². The van der Waals surface area contributed by atoms with Gasteiger partial charge in [-0.2, -0.15) is 0 Å². The van der Waals surface area contributed by atoms with E-state index in [0.29, 0.717) is 5.88 Å². The smallest absolute Gasteiger partial charge is 0.208 e. The predicted molar refractivity (Wildman–Crippen MR) is 42.8 cm³/mol. The minimum atomic E-state index is -3.08. The summed E-state index contributed by atoms with van der Waals surface area (Å²) in [5, 5.41) is 0. The molecule has 0 aliphatic carbocycles. The van der Waals surface area contributed by atoms with Crippen LogP contribution in [-0.2, 0) is 10.0 Å². The van der Waals surface area contributed by atoms with E-state index in [1.165, 1.54) is 0 Å². The Morgan fingerprint density at radius 1 is 1.60 bits per heavy atom. The Labute approximate surface area is 66.8 Å². The zero-order valence-corrected chi connectivity index (χ0v) is 7.67. The van der Waals surface area contributed by atoms with Crippen LogP contribution in [0.2, 0.25) is 0 Å². The van der Waals surface area contributed by atoms with Gasteiger partial charge in [0.25, 0.3) is 0 Å². The molecular formula is C5H12ClNO2S. The van der Waals surface area contributed by atoms with E-state index in [1.807, 2.05) is 6.92 Å². The van der Waals surface area contributed by atoms with Crippen molar-refractivity contribution in [3.63, 3.8) is 0 Å². The average molecular weight is 186 g/mol. The summed E-state index contributed by atoms with van der Waals surface area (Å²) in [7, 11) is -3.08. The molecule has 10 heavy (non-hydrogen) atoms. The Morgan fingerprint density at radius 2 is 2.10 bits per heavy atom. The summed E-state index contributed by atoms with van der Waals surface area (Å²) >= 11 is 5.45. The van der Waals surface area contributed by atoms with Gasteiger partial charge in [-0.1, -0.05) is 6.92 Å². The molecule has 3 nitrogen and oxygen atoms in total. The summed E-state index contributed by atoms with van der Waals surface area (Å²) in [5.41, 5.74) is 0. The molecule has 62 valence electrons. The van der Waals surface area contributed by atoms with E-state index >= 15 is 0 Å². The molecule has 0 fully saturated rings. The average Bonchev–Trinajstić information content (AvgIpc) is 1.81. The van der Waals surface area contributed by atoms with Crippen molar-refractivity contribution >= 4 is 21.6 Å². The SMILES string of the molecule is CC[C@H](CCl)NS(C)(=O)=O. The number of rotatable bonds is 4. The Bertz CT molecular complexity index is 174. The van der Waals surface area contributed by atoms with Gasteiger partial charge in [0.15, 0.2) is 0 Å². The van der Waals surface area contributed by atoms with Gasteiger partial charge in [-0.05, 0) is 6.42 Å². The summed E-state index contributed by atoms with van der Waals surface area (Å²) in [6.45, 7) is 1.88. The fourth-order valence-corrected chi connectivity index (χ4v) is 1.77. The summed E-state index contributed by atoms with van der Waals surface area (Å²) < 4.78 is 23.6. The topological polar surface area (TPSA) is 46.2 Å². The minimum absolute atomic E-state index is 0.128. The Balaban J connectivity index is 3.87. The maximum atomic E-state index is 10.6. The zero-order chi connectivity index (χ0) is 8.20. The van der Waals surface area contributed by atoms with Crippen LogP contribution >= 0.6 is 11.6 Å². The molecule has 0 saturated carbocycles. The first-order valence-electron chi connectivity index (χ1n) is 3.03. The summed E-state index contributed by atoms with van der Waals surface area (Å²) in [4.78, 5) is 0. The molecule has 0 heterocycles. The Morgan fingerprint density at radius 3 is 2.20 bits per heavy atom. The highest BCUT2D eigenvalue weighted by Gasteiger charge is 2.09. The van der Waals surface area contributed by atoms with Crippen molar-refractivity contribution in [3.05, 3.63) is 0 Å². The lowest BCUT2D eigenvalue weighted by molar-refractivity contribution is 0.563. The third-order valence-corrected chi connectivity index (χ3v) is 2.19. The molecular weight excluding hydrogens is 174 g/mol. The third kappa shape index (κ3) is 5.02. The second-order valence-electron chi connectivity index (χ2n) is 2.15. The highest BCUT2D eigenvalue weighted by molar-refractivity contribution is 7.88. The maximum Gasteiger partial charge on any atom is 0.208 e. The van der Waals surface area contributed by atoms with Crippen molar-refractivity contribution in [1.82, 2.24) is 4.72 Å². The predicted octanol–water partition coefficient (Wildman–Crippen LogP) is 0.553. The van der Waals surface area contributed by atoms with Crippen LogP contribution in [0.25, 0.3) is 0 Å². The molecule has 0 aliphatic heterocycles. The summed E-state index contributed by atoms with van der Waals surface area (Å²) in [5.74, 6) is 0.323. The second kappa shape index (κ2) is 4.16. The van der Waals surface area contributed by atoms with Gasteiger partial charge >= 0.3 is 0 Å². The molecule has 0 radical (unpaired) electrons. The van der Waals surface area contributed by atoms with Crippen LogP contribution in [0.1, 0.15) is 13.3 Å². The zero-order valence-electron chi connectivity index (χ0n) is 6.09. The van der Waals surface area contributed by atoms with Gasteiger partial charge in [0.1, 0.15) is 0 Å². The molecule has 0 aromatic rings. The Hall–Kier alpha value is 0.200. The van der Waals surface area contributed by atoms with E-state index in [2.05, 4.69) is 4.72 Å². The normalized spacial score (nSPS) is 15.1. The molecule has 0 unspecified atom stereocenters. The van der Waals surface area contributed by atoms with Crippen molar-refractivity contribution in [3.8, 4) is 0 Å². The van der Waals surface area contributed by atoms with Crippen molar-refractivity contribution in [2.45, 2.75) is 19.4 Å². The second-order valence-corrected chi connectivity index (χ2v) is 4.24. The highest BCUT2D eigenvalue weighted by Crippen LogP contribution is 1.95. The van der Waals surface area contributed by atoms with Gasteiger partial charge in [0.05, 0.1) is 6.26 Å². The van der Waals surface area contributed by atoms with E-state index < -0.39 is 10.0 Å². The number of alkyl halides is 1. The van der Waals surface area contributed by atoms with Crippen LogP contribution in [0.4, 0.5) is 0 Å². The molecule has 0 aromatic heterocycles. The monoisotopic (exact) mass is 185 g/mol. The highest BCUT2D eigenvalue weighted by atomic mass is 35.5. The molecule has 0 rings (SSSR count). The third-order valence-electron chi connectivity index (χ3n) is 1.06. The minimum Gasteiger partial charge on any atom is -0.213 e. The molecule has 1 atom stereocenters. The van der Waals surface area contributed by atoms with E-state index in [9.17, 15) is 8.42 Å². The number of halogens is 1. The number of nitrogens with one attached hydrogen (secondary N) is 1. The summed E-state index contributed by atoms with van der Waals surface area (Å²) in [6, 6.07) is -0.128. The first-order chi connectivity index (χ1) is 4.49. The fraction of sp³-hybridized carbons (Fsp3) is 1.00. The number of hydrogen-bond donors (Lipinski definition) is 1. The van der Waals surface area contributed by atoms with Crippen molar-refractivity contribution in [2.75, 3.05) is 12.1 Å². The summed E-state index contributed by atoms with van der Waals surface area (Å²) in [6.07, 6.45) is 1.85. The van der Waals surface area contributed by atoms with Crippen molar-refractivity contribution in [2.24, 2.45) is 0 Å². The Kier molecular flexibility index (Phi) is 4.24. The van der Waals surface area contributed by atoms with Crippen LogP contribution in [0, 0.1) is 0 Å². The standard InChI is InChI=1S/C5H12ClNO2S/c1-3-5(4-6)7-10(2,8)9/h5,7H,3-4H2,1-2H3/t5-/m1/s1. The van der Waals surface area contributed by atoms with Crippen LogP contribution in [-0.4, -0.2) is 26.6 Å². The largest absolute Gasteiger partial charge is 0.213 e. The number of sulfonamides is 1. The van der Waals surface area contributed by atoms with Gasteiger partial charge in [-0.3, -0.25) is 0 Å². The quantitative estimate of drug-likeness (QED) is 0.651. The van der Waals surface area contributed by atoms with Crippen LogP contribution < -0.4 is 4.72 Å². The van der Waals surface area contributed by atoms with Gasteiger partial charge in [-0.15, -0.1) is 11.6 Å². The number of hydrogen-bond acceptors (Lipinski definition) is 2. The van der Waals surface area contributed by atoms with E-state index in [4.69, 9.17) is 11.6 Å².